The zero-order valence-corrected chi connectivity index (χ0v) is 16.9. The fourth-order valence-corrected chi connectivity index (χ4v) is 4.57. The molecule has 5 atom stereocenters. The summed E-state index contributed by atoms with van der Waals surface area (Å²) in [5, 5.41) is 14.2. The zero-order chi connectivity index (χ0) is 20.5. The third-order valence-corrected chi connectivity index (χ3v) is 6.11. The van der Waals surface area contributed by atoms with Gasteiger partial charge in [0.2, 0.25) is 0 Å². The molecule has 8 heteroatoms. The summed E-state index contributed by atoms with van der Waals surface area (Å²) in [6.07, 6.45) is 0.222. The van der Waals surface area contributed by atoms with Crippen molar-refractivity contribution in [1.29, 1.82) is 0 Å². The summed E-state index contributed by atoms with van der Waals surface area (Å²) in [7, 11) is 3.21. The van der Waals surface area contributed by atoms with Crippen LogP contribution in [0.5, 0.6) is 11.5 Å². The van der Waals surface area contributed by atoms with E-state index in [9.17, 15) is 9.90 Å². The number of carbonyl (C=O) groups is 1. The van der Waals surface area contributed by atoms with E-state index in [1.807, 2.05) is 42.5 Å². The van der Waals surface area contributed by atoms with E-state index in [1.54, 1.807) is 14.2 Å². The second-order valence-electron chi connectivity index (χ2n) is 7.38. The maximum Gasteiger partial charge on any atom is 0.307 e. The Kier molecular flexibility index (Phi) is 5.65. The molecule has 0 amide bonds. The van der Waals surface area contributed by atoms with Gasteiger partial charge in [-0.25, -0.2) is 10.9 Å². The van der Waals surface area contributed by atoms with Gasteiger partial charge in [-0.2, -0.15) is 0 Å². The molecular weight excluding hydrogens is 394 g/mol. The standard InChI is InChI=1S/C21H24ClN3O4/c1-28-13-7-8-17(29-2)14(9-13)16-10-15(21(26)27)18-19(24-25-20(18)23-16)11-3-5-12(22)6-4-11/h3-9,15-16,18-20,23-25H,10H2,1-2H3,(H,26,27). The first-order chi connectivity index (χ1) is 14.0. The van der Waals surface area contributed by atoms with Gasteiger partial charge in [-0.3, -0.25) is 10.1 Å². The van der Waals surface area contributed by atoms with Crippen molar-refractivity contribution in [3.05, 3.63) is 58.6 Å². The lowest BCUT2D eigenvalue weighted by Crippen LogP contribution is -2.53. The number of methoxy groups -OCH3 is 2. The molecule has 2 saturated heterocycles. The largest absolute Gasteiger partial charge is 0.497 e. The van der Waals surface area contributed by atoms with Gasteiger partial charge in [0.25, 0.3) is 0 Å². The molecule has 4 rings (SSSR count). The number of hydrogen-bond donors (Lipinski definition) is 4. The van der Waals surface area contributed by atoms with Gasteiger partial charge in [0.15, 0.2) is 0 Å². The van der Waals surface area contributed by atoms with E-state index in [0.717, 1.165) is 11.1 Å². The number of benzene rings is 2. The highest BCUT2D eigenvalue weighted by molar-refractivity contribution is 6.30. The van der Waals surface area contributed by atoms with Crippen molar-refractivity contribution >= 4 is 17.6 Å². The van der Waals surface area contributed by atoms with Crippen LogP contribution in [-0.2, 0) is 4.79 Å². The van der Waals surface area contributed by atoms with E-state index in [-0.39, 0.29) is 24.2 Å². The van der Waals surface area contributed by atoms with Gasteiger partial charge in [-0.15, -0.1) is 0 Å². The van der Waals surface area contributed by atoms with Crippen molar-refractivity contribution in [2.24, 2.45) is 11.8 Å². The third kappa shape index (κ3) is 3.79. The lowest BCUT2D eigenvalue weighted by atomic mass is 9.74. The number of carboxylic acids is 1. The molecule has 5 unspecified atom stereocenters. The summed E-state index contributed by atoms with van der Waals surface area (Å²) in [5.41, 5.74) is 8.39. The molecule has 0 aromatic heterocycles. The zero-order valence-electron chi connectivity index (χ0n) is 16.2. The number of rotatable bonds is 5. The number of fused-ring (bicyclic) bond motifs is 1. The second-order valence-corrected chi connectivity index (χ2v) is 7.82. The van der Waals surface area contributed by atoms with Crippen molar-refractivity contribution in [2.75, 3.05) is 14.2 Å². The fraction of sp³-hybridized carbons (Fsp3) is 0.381. The van der Waals surface area contributed by atoms with Crippen LogP contribution in [0.4, 0.5) is 0 Å². The first kappa shape index (κ1) is 20.0. The molecule has 0 radical (unpaired) electrons. The third-order valence-electron chi connectivity index (χ3n) is 5.86. The molecule has 7 nitrogen and oxygen atoms in total. The molecule has 0 spiro atoms. The monoisotopic (exact) mass is 417 g/mol. The number of piperidine rings is 1. The molecule has 2 heterocycles. The molecule has 2 aromatic carbocycles. The highest BCUT2D eigenvalue weighted by Crippen LogP contribution is 2.44. The summed E-state index contributed by atoms with van der Waals surface area (Å²) < 4.78 is 10.9. The minimum absolute atomic E-state index is 0.140. The average molecular weight is 418 g/mol. The fourth-order valence-electron chi connectivity index (χ4n) is 4.45. The van der Waals surface area contributed by atoms with Crippen molar-refractivity contribution < 1.29 is 19.4 Å². The van der Waals surface area contributed by atoms with Gasteiger partial charge in [0, 0.05) is 22.5 Å². The first-order valence-electron chi connectivity index (χ1n) is 9.49. The van der Waals surface area contributed by atoms with Crippen LogP contribution in [0, 0.1) is 11.8 Å². The Morgan fingerprint density at radius 3 is 2.52 bits per heavy atom. The number of hydrazine groups is 1. The molecule has 2 aliphatic rings. The molecule has 29 heavy (non-hydrogen) atoms. The van der Waals surface area contributed by atoms with Gasteiger partial charge in [-0.1, -0.05) is 23.7 Å². The normalized spacial score (nSPS) is 28.6. The maximum absolute atomic E-state index is 12.2. The lowest BCUT2D eigenvalue weighted by Gasteiger charge is -2.39. The van der Waals surface area contributed by atoms with Crippen LogP contribution >= 0.6 is 11.6 Å². The Morgan fingerprint density at radius 2 is 1.86 bits per heavy atom. The lowest BCUT2D eigenvalue weighted by molar-refractivity contribution is -0.146. The summed E-state index contributed by atoms with van der Waals surface area (Å²) in [5.74, 6) is -0.121. The number of ether oxygens (including phenoxy) is 2. The van der Waals surface area contributed by atoms with Gasteiger partial charge in [-0.05, 0) is 42.3 Å². The minimum atomic E-state index is -0.808. The van der Waals surface area contributed by atoms with E-state index in [0.29, 0.717) is 22.9 Å². The topological polar surface area (TPSA) is 91.9 Å². The molecule has 2 aromatic rings. The Bertz CT molecular complexity index is 892. The number of hydrogen-bond acceptors (Lipinski definition) is 6. The van der Waals surface area contributed by atoms with Crippen LogP contribution < -0.4 is 25.6 Å². The Morgan fingerprint density at radius 1 is 1.10 bits per heavy atom. The van der Waals surface area contributed by atoms with Crippen LogP contribution in [0.2, 0.25) is 5.02 Å². The SMILES string of the molecule is COc1ccc(OC)c(C2CC(C(=O)O)C3C(NNC3c3ccc(Cl)cc3)N2)c1. The van der Waals surface area contributed by atoms with E-state index >= 15 is 0 Å². The van der Waals surface area contributed by atoms with Crippen LogP contribution in [-0.4, -0.2) is 31.5 Å². The number of halogens is 1. The van der Waals surface area contributed by atoms with Crippen molar-refractivity contribution in [2.45, 2.75) is 24.7 Å². The minimum Gasteiger partial charge on any atom is -0.497 e. The van der Waals surface area contributed by atoms with Crippen LogP contribution in [0.25, 0.3) is 0 Å². The number of carboxylic acid groups (broad SMARTS) is 1. The molecule has 154 valence electrons. The maximum atomic E-state index is 12.2. The van der Waals surface area contributed by atoms with Gasteiger partial charge in [0.05, 0.1) is 32.3 Å². The first-order valence-corrected chi connectivity index (χ1v) is 9.87. The van der Waals surface area contributed by atoms with E-state index in [4.69, 9.17) is 21.1 Å². The molecule has 0 saturated carbocycles. The van der Waals surface area contributed by atoms with Crippen molar-refractivity contribution in [3.63, 3.8) is 0 Å². The molecule has 2 fully saturated rings. The van der Waals surface area contributed by atoms with Crippen molar-refractivity contribution in [1.82, 2.24) is 16.2 Å². The van der Waals surface area contributed by atoms with Gasteiger partial charge >= 0.3 is 5.97 Å². The summed E-state index contributed by atoms with van der Waals surface area (Å²) >= 11 is 6.01. The van der Waals surface area contributed by atoms with E-state index in [2.05, 4.69) is 16.2 Å². The van der Waals surface area contributed by atoms with Gasteiger partial charge < -0.3 is 14.6 Å². The molecule has 0 aliphatic carbocycles. The van der Waals surface area contributed by atoms with Gasteiger partial charge in [0.1, 0.15) is 11.5 Å². The van der Waals surface area contributed by atoms with E-state index < -0.39 is 11.9 Å². The highest BCUT2D eigenvalue weighted by Gasteiger charge is 2.49. The highest BCUT2D eigenvalue weighted by atomic mass is 35.5. The Labute approximate surface area is 174 Å². The quantitative estimate of drug-likeness (QED) is 0.594. The van der Waals surface area contributed by atoms with E-state index in [1.165, 1.54) is 0 Å². The Balaban J connectivity index is 1.65. The number of aliphatic carboxylic acids is 1. The number of nitrogens with one attached hydrogen (secondary N) is 3. The summed E-state index contributed by atoms with van der Waals surface area (Å²) in [6.45, 7) is 0. The van der Waals surface area contributed by atoms with Crippen molar-refractivity contribution in [3.8, 4) is 11.5 Å². The second kappa shape index (κ2) is 8.20. The van der Waals surface area contributed by atoms with Crippen LogP contribution in [0.1, 0.15) is 29.6 Å². The molecule has 0 bridgehead atoms. The Hall–Kier alpha value is -2.32. The predicted octanol–water partition coefficient (Wildman–Crippen LogP) is 2.88. The average Bonchev–Trinajstić information content (AvgIpc) is 3.17. The van der Waals surface area contributed by atoms with Crippen LogP contribution in [0.3, 0.4) is 0 Å². The summed E-state index contributed by atoms with van der Waals surface area (Å²) in [6, 6.07) is 12.7. The predicted molar refractivity (Wildman–Crippen MR) is 109 cm³/mol. The summed E-state index contributed by atoms with van der Waals surface area (Å²) in [4.78, 5) is 12.2. The molecular formula is C21H24ClN3O4. The smallest absolute Gasteiger partial charge is 0.307 e. The molecule has 4 N–H and O–H groups in total. The van der Waals surface area contributed by atoms with Crippen LogP contribution in [0.15, 0.2) is 42.5 Å². The molecule has 2 aliphatic heterocycles.